The number of nitrogens with zero attached hydrogens (tertiary/aromatic N) is 1. The van der Waals surface area contributed by atoms with Crippen LogP contribution in [0.15, 0.2) is 48.6 Å². The Morgan fingerprint density at radius 1 is 1.00 bits per heavy atom. The maximum atomic E-state index is 4.89. The first-order chi connectivity index (χ1) is 11.4. The van der Waals surface area contributed by atoms with Gasteiger partial charge in [0.05, 0.1) is 11.4 Å². The van der Waals surface area contributed by atoms with E-state index in [2.05, 4.69) is 88.4 Å². The quantitative estimate of drug-likeness (QED) is 0.566. The predicted molar refractivity (Wildman–Crippen MR) is 108 cm³/mol. The van der Waals surface area contributed by atoms with Crippen molar-refractivity contribution in [3.05, 3.63) is 71.1 Å². The van der Waals surface area contributed by atoms with Crippen LogP contribution in [0.25, 0.3) is 17.7 Å². The van der Waals surface area contributed by atoms with E-state index in [-0.39, 0.29) is 5.41 Å². The number of hydrogen-bond acceptors (Lipinski definition) is 1. The van der Waals surface area contributed by atoms with Crippen molar-refractivity contribution in [2.24, 2.45) is 11.3 Å². The fourth-order valence-corrected chi connectivity index (χ4v) is 2.74. The molecule has 0 saturated heterocycles. The summed E-state index contributed by atoms with van der Waals surface area (Å²) in [7, 11) is 0. The monoisotopic (exact) mass is 319 g/mol. The molecule has 2 aliphatic rings. The number of aryl methyl sites for hydroxylation is 1. The van der Waals surface area contributed by atoms with Gasteiger partial charge in [-0.2, -0.15) is 0 Å². The maximum absolute atomic E-state index is 4.89. The standard InChI is InChI=1S/C21H23N.C2H6/c1-15-7-9-18-16(2)14-20(22-19(18)10-8-15)17-6-5-12-21(3,4)13-11-17;1-2/h5-15H,1-4H3;1-2H3. The van der Waals surface area contributed by atoms with Gasteiger partial charge in [-0.1, -0.05) is 83.2 Å². The van der Waals surface area contributed by atoms with Crippen molar-refractivity contribution in [3.8, 4) is 0 Å². The van der Waals surface area contributed by atoms with Crippen LogP contribution in [0.3, 0.4) is 0 Å². The lowest BCUT2D eigenvalue weighted by atomic mass is 9.93. The topological polar surface area (TPSA) is 12.9 Å². The second-order valence-corrected chi connectivity index (χ2v) is 6.84. The van der Waals surface area contributed by atoms with E-state index in [4.69, 9.17) is 4.98 Å². The van der Waals surface area contributed by atoms with E-state index in [1.54, 1.807) is 0 Å². The van der Waals surface area contributed by atoms with Gasteiger partial charge in [-0.3, -0.25) is 0 Å². The highest BCUT2D eigenvalue weighted by Gasteiger charge is 2.14. The number of fused-ring (bicyclic) bond motifs is 1. The van der Waals surface area contributed by atoms with Gasteiger partial charge in [-0.15, -0.1) is 0 Å². The van der Waals surface area contributed by atoms with Gasteiger partial charge in [0, 0.05) is 11.0 Å². The number of hydrogen-bond donors (Lipinski definition) is 0. The molecule has 1 aromatic rings. The molecule has 3 rings (SSSR count). The fourth-order valence-electron chi connectivity index (χ4n) is 2.74. The molecule has 0 radical (unpaired) electrons. The molecule has 0 fully saturated rings. The Morgan fingerprint density at radius 3 is 2.46 bits per heavy atom. The lowest BCUT2D eigenvalue weighted by molar-refractivity contribution is 0.627. The minimum Gasteiger partial charge on any atom is -0.248 e. The van der Waals surface area contributed by atoms with Gasteiger partial charge in [0.15, 0.2) is 0 Å². The van der Waals surface area contributed by atoms with E-state index in [1.165, 1.54) is 16.7 Å². The van der Waals surface area contributed by atoms with Gasteiger partial charge >= 0.3 is 0 Å². The molecular weight excluding hydrogens is 290 g/mol. The molecular formula is C23H29N. The summed E-state index contributed by atoms with van der Waals surface area (Å²) in [5.74, 6) is 0.456. The van der Waals surface area contributed by atoms with E-state index in [1.807, 2.05) is 13.8 Å². The van der Waals surface area contributed by atoms with Crippen molar-refractivity contribution < 1.29 is 0 Å². The van der Waals surface area contributed by atoms with Gasteiger partial charge in [0.25, 0.3) is 0 Å². The third-order valence-corrected chi connectivity index (χ3v) is 4.21. The lowest BCUT2D eigenvalue weighted by Crippen LogP contribution is -2.01. The van der Waals surface area contributed by atoms with Gasteiger partial charge in [0.1, 0.15) is 0 Å². The molecule has 1 heteroatoms. The zero-order valence-corrected chi connectivity index (χ0v) is 15.8. The van der Waals surface area contributed by atoms with Crippen LogP contribution >= 0.6 is 0 Å². The van der Waals surface area contributed by atoms with Crippen molar-refractivity contribution >= 4 is 17.7 Å². The Hall–Kier alpha value is -2.15. The van der Waals surface area contributed by atoms with Crippen molar-refractivity contribution in [1.82, 2.24) is 4.98 Å². The highest BCUT2D eigenvalue weighted by Crippen LogP contribution is 2.29. The Labute approximate surface area is 147 Å². The largest absolute Gasteiger partial charge is 0.248 e. The lowest BCUT2D eigenvalue weighted by Gasteiger charge is -2.13. The summed E-state index contributed by atoms with van der Waals surface area (Å²) >= 11 is 0. The highest BCUT2D eigenvalue weighted by atomic mass is 14.7. The smallest absolute Gasteiger partial charge is 0.0712 e. The number of allylic oxidation sites excluding steroid dienone is 8. The van der Waals surface area contributed by atoms with Crippen LogP contribution in [-0.4, -0.2) is 4.98 Å². The number of rotatable bonds is 1. The first kappa shape index (κ1) is 18.2. The zero-order chi connectivity index (χ0) is 17.7. The molecule has 0 saturated carbocycles. The molecule has 1 atom stereocenters. The molecule has 0 aliphatic heterocycles. The highest BCUT2D eigenvalue weighted by molar-refractivity contribution is 5.77. The minimum absolute atomic E-state index is 0.0943. The van der Waals surface area contributed by atoms with Crippen LogP contribution in [-0.2, 0) is 0 Å². The number of aromatic nitrogens is 1. The van der Waals surface area contributed by atoms with Crippen molar-refractivity contribution in [3.63, 3.8) is 0 Å². The number of pyridine rings is 1. The molecule has 24 heavy (non-hydrogen) atoms. The summed E-state index contributed by atoms with van der Waals surface area (Å²) in [6.45, 7) is 12.8. The molecule has 1 aromatic heterocycles. The van der Waals surface area contributed by atoms with Crippen molar-refractivity contribution in [1.29, 1.82) is 0 Å². The van der Waals surface area contributed by atoms with E-state index < -0.39 is 0 Å². The third-order valence-electron chi connectivity index (χ3n) is 4.21. The Bertz CT molecular complexity index is 740. The van der Waals surface area contributed by atoms with Crippen LogP contribution in [0.5, 0.6) is 0 Å². The molecule has 0 N–H and O–H groups in total. The SMILES string of the molecule is CC.Cc1cc(C2=CC=CC(C)(C)C=C2)nc2c1C=CC(C)C=C2. The molecule has 0 spiro atoms. The molecule has 1 heterocycles. The molecule has 2 aliphatic carbocycles. The summed E-state index contributed by atoms with van der Waals surface area (Å²) < 4.78 is 0. The minimum atomic E-state index is 0.0943. The van der Waals surface area contributed by atoms with Crippen LogP contribution in [0.2, 0.25) is 0 Å². The van der Waals surface area contributed by atoms with E-state index >= 15 is 0 Å². The first-order valence-corrected chi connectivity index (χ1v) is 8.92. The Morgan fingerprint density at radius 2 is 1.71 bits per heavy atom. The predicted octanol–water partition coefficient (Wildman–Crippen LogP) is 6.63. The first-order valence-electron chi connectivity index (χ1n) is 8.92. The van der Waals surface area contributed by atoms with E-state index in [0.717, 1.165) is 11.4 Å². The molecule has 1 unspecified atom stereocenters. The molecule has 0 bridgehead atoms. The summed E-state index contributed by atoms with van der Waals surface area (Å²) in [5, 5.41) is 0. The maximum Gasteiger partial charge on any atom is 0.0712 e. The van der Waals surface area contributed by atoms with E-state index in [9.17, 15) is 0 Å². The second kappa shape index (κ2) is 7.61. The van der Waals surface area contributed by atoms with Crippen molar-refractivity contribution in [2.45, 2.75) is 41.5 Å². The zero-order valence-electron chi connectivity index (χ0n) is 15.8. The normalized spacial score (nSPS) is 20.4. The summed E-state index contributed by atoms with van der Waals surface area (Å²) in [4.78, 5) is 4.89. The molecule has 126 valence electrons. The second-order valence-electron chi connectivity index (χ2n) is 6.84. The molecule has 1 nitrogen and oxygen atoms in total. The van der Waals surface area contributed by atoms with Gasteiger partial charge in [-0.25, -0.2) is 4.98 Å². The fraction of sp³-hybridized carbons (Fsp3) is 0.348. The van der Waals surface area contributed by atoms with Crippen molar-refractivity contribution in [2.75, 3.05) is 0 Å². The Balaban J connectivity index is 0.00000100. The van der Waals surface area contributed by atoms with Crippen LogP contribution in [0.1, 0.15) is 57.1 Å². The van der Waals surface area contributed by atoms with Gasteiger partial charge in [-0.05, 0) is 36.1 Å². The van der Waals surface area contributed by atoms with E-state index in [0.29, 0.717) is 5.92 Å². The summed E-state index contributed by atoms with van der Waals surface area (Å²) in [6.07, 6.45) is 19.7. The Kier molecular flexibility index (Phi) is 5.77. The van der Waals surface area contributed by atoms with Gasteiger partial charge < -0.3 is 0 Å². The molecule has 0 amide bonds. The average molecular weight is 319 g/mol. The summed E-state index contributed by atoms with van der Waals surface area (Å²) in [6, 6.07) is 2.19. The molecule has 0 aromatic carbocycles. The summed E-state index contributed by atoms with van der Waals surface area (Å²) in [5.41, 5.74) is 5.88. The van der Waals surface area contributed by atoms with Crippen LogP contribution < -0.4 is 0 Å². The third kappa shape index (κ3) is 4.23. The van der Waals surface area contributed by atoms with Crippen LogP contribution in [0.4, 0.5) is 0 Å². The van der Waals surface area contributed by atoms with Gasteiger partial charge in [0.2, 0.25) is 0 Å². The average Bonchev–Trinajstić information content (AvgIpc) is 2.85. The van der Waals surface area contributed by atoms with Crippen LogP contribution in [0, 0.1) is 18.3 Å².